The highest BCUT2D eigenvalue weighted by Gasteiger charge is 2.52. The maximum absolute atomic E-state index is 12.8. The molecule has 0 amide bonds. The lowest BCUT2D eigenvalue weighted by Gasteiger charge is -2.39. The molecule has 4 rings (SSSR count). The largest absolute Gasteiger partial charge is 0.497 e. The van der Waals surface area contributed by atoms with E-state index in [1.165, 1.54) is 12.8 Å². The number of methoxy groups -OCH3 is 1. The Balaban J connectivity index is 1.39. The van der Waals surface area contributed by atoms with E-state index in [2.05, 4.69) is 20.8 Å². The van der Waals surface area contributed by atoms with Crippen LogP contribution in [0.2, 0.25) is 0 Å². The number of carbonyl (C=O) groups is 1. The summed E-state index contributed by atoms with van der Waals surface area (Å²) in [5.74, 6) is 2.37. The van der Waals surface area contributed by atoms with Crippen LogP contribution < -0.4 is 4.74 Å². The molecular formula is C26H38O5. The third-order valence-corrected chi connectivity index (χ3v) is 7.64. The number of esters is 1. The topological polar surface area (TPSA) is 54.0 Å². The summed E-state index contributed by atoms with van der Waals surface area (Å²) in [7, 11) is 1.66. The summed E-state index contributed by atoms with van der Waals surface area (Å²) in [6.45, 7) is 7.36. The zero-order valence-electron chi connectivity index (χ0n) is 19.4. The zero-order valence-corrected chi connectivity index (χ0v) is 19.4. The van der Waals surface area contributed by atoms with Gasteiger partial charge in [0, 0.05) is 5.92 Å². The predicted octanol–water partition coefficient (Wildman–Crippen LogP) is 5.36. The van der Waals surface area contributed by atoms with Crippen LogP contribution in [0.4, 0.5) is 0 Å². The Kier molecular flexibility index (Phi) is 7.22. The van der Waals surface area contributed by atoms with E-state index in [1.807, 2.05) is 24.3 Å². The van der Waals surface area contributed by atoms with Crippen molar-refractivity contribution in [2.75, 3.05) is 7.11 Å². The van der Waals surface area contributed by atoms with Crippen molar-refractivity contribution in [2.24, 2.45) is 29.6 Å². The minimum absolute atomic E-state index is 0.104. The molecule has 1 aromatic rings. The number of hydrogen-bond acceptors (Lipinski definition) is 5. The van der Waals surface area contributed by atoms with Crippen LogP contribution >= 0.6 is 0 Å². The van der Waals surface area contributed by atoms with E-state index in [1.54, 1.807) is 7.11 Å². The van der Waals surface area contributed by atoms with Gasteiger partial charge in [-0.05, 0) is 61.1 Å². The van der Waals surface area contributed by atoms with Crippen molar-refractivity contribution in [3.8, 4) is 5.75 Å². The molecule has 172 valence electrons. The van der Waals surface area contributed by atoms with Gasteiger partial charge in [-0.3, -0.25) is 4.79 Å². The van der Waals surface area contributed by atoms with Crippen molar-refractivity contribution in [3.63, 3.8) is 0 Å². The predicted molar refractivity (Wildman–Crippen MR) is 118 cm³/mol. The van der Waals surface area contributed by atoms with Gasteiger partial charge in [-0.1, -0.05) is 45.7 Å². The molecule has 0 unspecified atom stereocenters. The fraction of sp³-hybridized carbons (Fsp3) is 0.731. The second kappa shape index (κ2) is 9.91. The van der Waals surface area contributed by atoms with Gasteiger partial charge in [-0.15, -0.1) is 0 Å². The standard InChI is InChI=1S/C26H38O5/c1-16(2)20-13-8-17(3)14-23(20)30-26-21-6-5-7-22(24(21)25(27)31-26)29-15-18-9-11-19(28-4)12-10-18/h9-12,16-17,20-24,26H,5-8,13-15H2,1-4H3/t17-,20+,21-,22-,23-,24-,26-/m0/s1. The highest BCUT2D eigenvalue weighted by atomic mass is 16.7. The molecule has 2 saturated carbocycles. The molecule has 7 atom stereocenters. The van der Waals surface area contributed by atoms with Crippen LogP contribution in [0, 0.1) is 29.6 Å². The minimum Gasteiger partial charge on any atom is -0.497 e. The maximum atomic E-state index is 12.8. The minimum atomic E-state index is -0.415. The molecule has 0 radical (unpaired) electrons. The Morgan fingerprint density at radius 1 is 1.06 bits per heavy atom. The molecule has 3 fully saturated rings. The van der Waals surface area contributed by atoms with E-state index < -0.39 is 6.29 Å². The SMILES string of the molecule is COc1ccc(CO[C@H]2CCC[C@@H]3[C@@H](O[C@H]4C[C@@H](C)CC[C@@H]4C(C)C)OC(=O)[C@@H]32)cc1. The van der Waals surface area contributed by atoms with Crippen molar-refractivity contribution < 1.29 is 23.7 Å². The average Bonchev–Trinajstić information content (AvgIpc) is 3.08. The number of rotatable bonds is 7. The summed E-state index contributed by atoms with van der Waals surface area (Å²) < 4.78 is 23.9. The summed E-state index contributed by atoms with van der Waals surface area (Å²) in [5.41, 5.74) is 1.08. The second-order valence-corrected chi connectivity index (χ2v) is 10.1. The molecule has 0 aromatic heterocycles. The summed E-state index contributed by atoms with van der Waals surface area (Å²) in [5, 5.41) is 0. The molecule has 5 heteroatoms. The number of benzene rings is 1. The Morgan fingerprint density at radius 3 is 2.55 bits per heavy atom. The molecule has 0 N–H and O–H groups in total. The lowest BCUT2D eigenvalue weighted by Crippen LogP contribution is -2.41. The van der Waals surface area contributed by atoms with Gasteiger partial charge in [0.25, 0.3) is 0 Å². The average molecular weight is 431 g/mol. The van der Waals surface area contributed by atoms with Crippen molar-refractivity contribution >= 4 is 5.97 Å². The van der Waals surface area contributed by atoms with Crippen LogP contribution in [0.15, 0.2) is 24.3 Å². The van der Waals surface area contributed by atoms with Gasteiger partial charge >= 0.3 is 5.97 Å². The smallest absolute Gasteiger partial charge is 0.314 e. The highest BCUT2D eigenvalue weighted by molar-refractivity contribution is 5.76. The number of fused-ring (bicyclic) bond motifs is 1. The molecule has 2 aliphatic carbocycles. The molecule has 1 heterocycles. The van der Waals surface area contributed by atoms with E-state index in [-0.39, 0.29) is 30.0 Å². The first kappa shape index (κ1) is 22.6. The normalized spacial score (nSPS) is 35.6. The van der Waals surface area contributed by atoms with Crippen molar-refractivity contribution in [1.29, 1.82) is 0 Å². The van der Waals surface area contributed by atoms with Gasteiger partial charge in [-0.2, -0.15) is 0 Å². The Bertz CT molecular complexity index is 730. The van der Waals surface area contributed by atoms with Crippen LogP contribution in [0.3, 0.4) is 0 Å². The van der Waals surface area contributed by atoms with Crippen LogP contribution in [0.25, 0.3) is 0 Å². The number of ether oxygens (including phenoxy) is 4. The fourth-order valence-electron chi connectivity index (χ4n) is 5.79. The van der Waals surface area contributed by atoms with E-state index in [9.17, 15) is 4.79 Å². The van der Waals surface area contributed by atoms with Gasteiger partial charge in [0.15, 0.2) is 0 Å². The summed E-state index contributed by atoms with van der Waals surface area (Å²) in [6.07, 6.45) is 6.10. The van der Waals surface area contributed by atoms with Crippen molar-refractivity contribution in [1.82, 2.24) is 0 Å². The van der Waals surface area contributed by atoms with Crippen LogP contribution in [0.1, 0.15) is 64.9 Å². The van der Waals surface area contributed by atoms with Gasteiger partial charge in [0.1, 0.15) is 5.75 Å². The van der Waals surface area contributed by atoms with E-state index in [0.717, 1.165) is 37.0 Å². The highest BCUT2D eigenvalue weighted by Crippen LogP contribution is 2.44. The Hall–Kier alpha value is -1.59. The van der Waals surface area contributed by atoms with Gasteiger partial charge in [-0.25, -0.2) is 0 Å². The Labute approximate surface area is 186 Å². The molecule has 3 aliphatic rings. The number of cyclic esters (lactones) is 1. The van der Waals surface area contributed by atoms with Crippen LogP contribution in [-0.4, -0.2) is 31.6 Å². The van der Waals surface area contributed by atoms with Crippen LogP contribution in [-0.2, 0) is 25.6 Å². The monoisotopic (exact) mass is 430 g/mol. The zero-order chi connectivity index (χ0) is 22.0. The second-order valence-electron chi connectivity index (χ2n) is 10.1. The van der Waals surface area contributed by atoms with Gasteiger partial charge < -0.3 is 18.9 Å². The van der Waals surface area contributed by atoms with E-state index >= 15 is 0 Å². The van der Waals surface area contributed by atoms with Crippen molar-refractivity contribution in [2.45, 2.75) is 84.4 Å². The quantitative estimate of drug-likeness (QED) is 0.545. The summed E-state index contributed by atoms with van der Waals surface area (Å²) >= 11 is 0. The molecule has 5 nitrogen and oxygen atoms in total. The maximum Gasteiger partial charge on any atom is 0.314 e. The molecule has 1 aliphatic heterocycles. The fourth-order valence-corrected chi connectivity index (χ4v) is 5.79. The third kappa shape index (κ3) is 5.09. The van der Waals surface area contributed by atoms with Crippen LogP contribution in [0.5, 0.6) is 5.75 Å². The van der Waals surface area contributed by atoms with Gasteiger partial charge in [0.05, 0.1) is 31.8 Å². The van der Waals surface area contributed by atoms with E-state index in [4.69, 9.17) is 18.9 Å². The number of carbonyl (C=O) groups excluding carboxylic acids is 1. The summed E-state index contributed by atoms with van der Waals surface area (Å²) in [4.78, 5) is 12.8. The molecule has 1 saturated heterocycles. The van der Waals surface area contributed by atoms with E-state index in [0.29, 0.717) is 24.4 Å². The first-order valence-corrected chi connectivity index (χ1v) is 12.1. The lowest BCUT2D eigenvalue weighted by atomic mass is 9.75. The van der Waals surface area contributed by atoms with Crippen molar-refractivity contribution in [3.05, 3.63) is 29.8 Å². The lowest BCUT2D eigenvalue weighted by molar-refractivity contribution is -0.197. The molecular weight excluding hydrogens is 392 g/mol. The summed E-state index contributed by atoms with van der Waals surface area (Å²) in [6, 6.07) is 7.89. The Morgan fingerprint density at radius 2 is 1.84 bits per heavy atom. The molecule has 0 spiro atoms. The molecule has 1 aromatic carbocycles. The molecule has 0 bridgehead atoms. The van der Waals surface area contributed by atoms with Gasteiger partial charge in [0.2, 0.25) is 6.29 Å². The number of hydrogen-bond donors (Lipinski definition) is 0. The molecule has 31 heavy (non-hydrogen) atoms. The first-order valence-electron chi connectivity index (χ1n) is 12.1. The third-order valence-electron chi connectivity index (χ3n) is 7.64. The first-order chi connectivity index (χ1) is 15.0.